The molecule has 5 heteroatoms. The summed E-state index contributed by atoms with van der Waals surface area (Å²) in [6, 6.07) is 7.89. The second-order valence-electron chi connectivity index (χ2n) is 5.62. The molecule has 3 N–H and O–H groups in total. The van der Waals surface area contributed by atoms with Crippen LogP contribution < -0.4 is 11.1 Å². The maximum Gasteiger partial charge on any atom is 0.237 e. The van der Waals surface area contributed by atoms with E-state index in [9.17, 15) is 4.79 Å². The minimum Gasteiger partial charge on any atom is -0.354 e. The van der Waals surface area contributed by atoms with Crippen molar-refractivity contribution in [2.75, 3.05) is 6.54 Å². The highest BCUT2D eigenvalue weighted by molar-refractivity contribution is 9.10. The number of nitrogens with one attached hydrogen (secondary N) is 1. The molecular formula is C16H26BrClN2O. The summed E-state index contributed by atoms with van der Waals surface area (Å²) in [7, 11) is 0. The molecule has 3 nitrogen and oxygen atoms in total. The molecule has 0 heterocycles. The fourth-order valence-corrected chi connectivity index (χ4v) is 2.47. The Labute approximate surface area is 142 Å². The number of hydrogen-bond acceptors (Lipinski definition) is 2. The highest BCUT2D eigenvalue weighted by Crippen LogP contribution is 2.16. The van der Waals surface area contributed by atoms with Crippen LogP contribution in [-0.2, 0) is 11.2 Å². The number of carbonyl (C=O) groups is 1. The quantitative estimate of drug-likeness (QED) is 0.763. The van der Waals surface area contributed by atoms with Crippen LogP contribution in [0.25, 0.3) is 0 Å². The van der Waals surface area contributed by atoms with Crippen LogP contribution in [0.2, 0.25) is 0 Å². The maximum atomic E-state index is 11.9. The molecule has 2 atom stereocenters. The summed E-state index contributed by atoms with van der Waals surface area (Å²) in [6.45, 7) is 6.76. The molecular weight excluding hydrogens is 352 g/mol. The molecule has 1 aromatic carbocycles. The number of hydrogen-bond donors (Lipinski definition) is 2. The van der Waals surface area contributed by atoms with Gasteiger partial charge in [-0.2, -0.15) is 0 Å². The molecule has 21 heavy (non-hydrogen) atoms. The van der Waals surface area contributed by atoms with Crippen LogP contribution >= 0.6 is 28.3 Å². The summed E-state index contributed by atoms with van der Waals surface area (Å²) in [6.07, 6.45) is 2.00. The summed E-state index contributed by atoms with van der Waals surface area (Å²) in [5.74, 6) is 0.556. The van der Waals surface area contributed by atoms with Gasteiger partial charge < -0.3 is 11.1 Å². The van der Waals surface area contributed by atoms with Crippen LogP contribution in [0.3, 0.4) is 0 Å². The fraction of sp³-hybridized carbons (Fsp3) is 0.562. The third-order valence-electron chi connectivity index (χ3n) is 3.58. The molecule has 0 fully saturated rings. The van der Waals surface area contributed by atoms with Gasteiger partial charge in [0.05, 0.1) is 6.04 Å². The lowest BCUT2D eigenvalue weighted by Gasteiger charge is -2.19. The molecule has 0 radical (unpaired) electrons. The molecule has 1 aromatic rings. The van der Waals surface area contributed by atoms with Gasteiger partial charge in [0.25, 0.3) is 0 Å². The van der Waals surface area contributed by atoms with E-state index < -0.39 is 6.04 Å². The van der Waals surface area contributed by atoms with E-state index in [1.807, 2.05) is 26.0 Å². The average molecular weight is 378 g/mol. The number of carbonyl (C=O) groups excluding carboxylic acids is 1. The zero-order chi connectivity index (χ0) is 15.1. The van der Waals surface area contributed by atoms with Gasteiger partial charge in [-0.25, -0.2) is 0 Å². The number of amides is 1. The summed E-state index contributed by atoms with van der Waals surface area (Å²) < 4.78 is 1.09. The first kappa shape index (κ1) is 20.4. The predicted molar refractivity (Wildman–Crippen MR) is 94.7 cm³/mol. The summed E-state index contributed by atoms with van der Waals surface area (Å²) in [5, 5.41) is 2.97. The van der Waals surface area contributed by atoms with Gasteiger partial charge in [-0.05, 0) is 36.0 Å². The fourth-order valence-electron chi connectivity index (χ4n) is 2.02. The molecule has 1 amide bonds. The topological polar surface area (TPSA) is 55.1 Å². The lowest BCUT2D eigenvalue weighted by atomic mass is 9.96. The lowest BCUT2D eigenvalue weighted by Crippen LogP contribution is -2.45. The SMILES string of the molecule is CCC(CNC(=O)[C@@H](N)C(C)C)Cc1cccc(Br)c1.Cl. The number of nitrogens with two attached hydrogens (primary N) is 1. The van der Waals surface area contributed by atoms with Gasteiger partial charge in [0.1, 0.15) is 0 Å². The van der Waals surface area contributed by atoms with E-state index in [0.717, 1.165) is 17.3 Å². The van der Waals surface area contributed by atoms with E-state index in [-0.39, 0.29) is 24.2 Å². The van der Waals surface area contributed by atoms with Crippen molar-refractivity contribution in [2.24, 2.45) is 17.6 Å². The predicted octanol–water partition coefficient (Wildman–Crippen LogP) is 3.54. The van der Waals surface area contributed by atoms with Crippen LogP contribution in [0.15, 0.2) is 28.7 Å². The largest absolute Gasteiger partial charge is 0.354 e. The van der Waals surface area contributed by atoms with E-state index in [4.69, 9.17) is 5.73 Å². The van der Waals surface area contributed by atoms with E-state index >= 15 is 0 Å². The minimum atomic E-state index is -0.418. The molecule has 0 bridgehead atoms. The van der Waals surface area contributed by atoms with Crippen molar-refractivity contribution in [3.63, 3.8) is 0 Å². The number of rotatable bonds is 7. The van der Waals surface area contributed by atoms with E-state index in [1.54, 1.807) is 0 Å². The van der Waals surface area contributed by atoms with E-state index in [0.29, 0.717) is 12.5 Å². The highest BCUT2D eigenvalue weighted by atomic mass is 79.9. The van der Waals surface area contributed by atoms with Crippen molar-refractivity contribution in [2.45, 2.75) is 39.7 Å². The molecule has 0 aliphatic rings. The van der Waals surface area contributed by atoms with E-state index in [2.05, 4.69) is 40.3 Å². The Morgan fingerprint density at radius 3 is 2.57 bits per heavy atom. The van der Waals surface area contributed by atoms with Crippen molar-refractivity contribution in [3.05, 3.63) is 34.3 Å². The zero-order valence-electron chi connectivity index (χ0n) is 12.9. The van der Waals surface area contributed by atoms with Gasteiger partial charge in [0.15, 0.2) is 0 Å². The van der Waals surface area contributed by atoms with Crippen molar-refractivity contribution in [1.82, 2.24) is 5.32 Å². The smallest absolute Gasteiger partial charge is 0.237 e. The van der Waals surface area contributed by atoms with Gasteiger partial charge in [-0.1, -0.05) is 55.3 Å². The molecule has 120 valence electrons. The van der Waals surface area contributed by atoms with Crippen LogP contribution in [0.4, 0.5) is 0 Å². The molecule has 1 rings (SSSR count). The third kappa shape index (κ3) is 7.30. The van der Waals surface area contributed by atoms with Gasteiger partial charge in [0, 0.05) is 11.0 Å². The Kier molecular flexibility index (Phi) is 9.92. The summed E-state index contributed by atoms with van der Waals surface area (Å²) in [5.41, 5.74) is 7.13. The highest BCUT2D eigenvalue weighted by Gasteiger charge is 2.18. The molecule has 0 aliphatic carbocycles. The third-order valence-corrected chi connectivity index (χ3v) is 4.07. The molecule has 0 saturated heterocycles. The first-order valence-corrected chi connectivity index (χ1v) is 8.01. The van der Waals surface area contributed by atoms with Crippen LogP contribution in [0.5, 0.6) is 0 Å². The van der Waals surface area contributed by atoms with Crippen LogP contribution in [0.1, 0.15) is 32.8 Å². The molecule has 1 unspecified atom stereocenters. The van der Waals surface area contributed by atoms with Gasteiger partial charge in [-0.3, -0.25) is 4.79 Å². The Morgan fingerprint density at radius 2 is 2.05 bits per heavy atom. The van der Waals surface area contributed by atoms with Gasteiger partial charge in [-0.15, -0.1) is 12.4 Å². The second kappa shape index (κ2) is 10.2. The molecule has 0 saturated carbocycles. The van der Waals surface area contributed by atoms with Crippen LogP contribution in [-0.4, -0.2) is 18.5 Å². The molecule has 0 aromatic heterocycles. The number of halogens is 2. The standard InChI is InChI=1S/C16H25BrN2O.ClH/c1-4-12(8-13-6-5-7-14(17)9-13)10-19-16(20)15(18)11(2)3;/h5-7,9,11-12,15H,4,8,10,18H2,1-3H3,(H,19,20);1H/t12?,15-;/m0./s1. The first-order valence-electron chi connectivity index (χ1n) is 7.21. The second-order valence-corrected chi connectivity index (χ2v) is 6.54. The monoisotopic (exact) mass is 376 g/mol. The Hall–Kier alpha value is -0.580. The Bertz CT molecular complexity index is 440. The summed E-state index contributed by atoms with van der Waals surface area (Å²) in [4.78, 5) is 11.9. The van der Waals surface area contributed by atoms with Crippen molar-refractivity contribution >= 4 is 34.2 Å². The average Bonchev–Trinajstić information content (AvgIpc) is 2.42. The summed E-state index contributed by atoms with van der Waals surface area (Å²) >= 11 is 3.48. The molecule has 0 aliphatic heterocycles. The van der Waals surface area contributed by atoms with Crippen LogP contribution in [0, 0.1) is 11.8 Å². The Balaban J connectivity index is 0.00000400. The molecule has 0 spiro atoms. The minimum absolute atomic E-state index is 0. The van der Waals surface area contributed by atoms with Crippen molar-refractivity contribution in [3.8, 4) is 0 Å². The number of benzene rings is 1. The Morgan fingerprint density at radius 1 is 1.38 bits per heavy atom. The maximum absolute atomic E-state index is 11.9. The zero-order valence-corrected chi connectivity index (χ0v) is 15.3. The van der Waals surface area contributed by atoms with E-state index in [1.165, 1.54) is 5.56 Å². The normalized spacial score (nSPS) is 13.4. The van der Waals surface area contributed by atoms with Gasteiger partial charge >= 0.3 is 0 Å². The van der Waals surface area contributed by atoms with Gasteiger partial charge in [0.2, 0.25) is 5.91 Å². The van der Waals surface area contributed by atoms with Crippen molar-refractivity contribution < 1.29 is 4.79 Å². The lowest BCUT2D eigenvalue weighted by molar-refractivity contribution is -0.123. The van der Waals surface area contributed by atoms with Crippen molar-refractivity contribution in [1.29, 1.82) is 0 Å². The first-order chi connectivity index (χ1) is 9.43.